The minimum atomic E-state index is -4.17. The van der Waals surface area contributed by atoms with Crippen molar-refractivity contribution in [3.8, 4) is 0 Å². The van der Waals surface area contributed by atoms with E-state index in [1.165, 1.54) is 47.6 Å². The van der Waals surface area contributed by atoms with E-state index in [0.29, 0.717) is 16.8 Å². The Hall–Kier alpha value is -4.56. The van der Waals surface area contributed by atoms with Crippen LogP contribution in [0.4, 0.5) is 10.1 Å². The van der Waals surface area contributed by atoms with Crippen LogP contribution in [0.5, 0.6) is 0 Å². The van der Waals surface area contributed by atoms with Gasteiger partial charge in [-0.1, -0.05) is 65.2 Å². The molecular weight excluding hydrogens is 575 g/mol. The molecule has 1 spiro atoms. The zero-order valence-corrected chi connectivity index (χ0v) is 25.9. The molecule has 8 heteroatoms. The van der Waals surface area contributed by atoms with Gasteiger partial charge in [-0.15, -0.1) is 0 Å². The number of hydrogen-bond acceptors (Lipinski definition) is 4. The van der Waals surface area contributed by atoms with Crippen molar-refractivity contribution < 1.29 is 22.4 Å². The average Bonchev–Trinajstić information content (AvgIpc) is 3.20. The van der Waals surface area contributed by atoms with Crippen LogP contribution >= 0.6 is 0 Å². The normalized spacial score (nSPS) is 19.7. The van der Waals surface area contributed by atoms with Gasteiger partial charge in [-0.05, 0) is 92.9 Å². The minimum Gasteiger partial charge on any atom is -0.307 e. The number of nitrogens with zero attached hydrogens (tertiary/aromatic N) is 2. The first kappa shape index (κ1) is 29.5. The third-order valence-electron chi connectivity index (χ3n) is 8.63. The molecule has 6 rings (SSSR count). The lowest BCUT2D eigenvalue weighted by Gasteiger charge is -2.43. The van der Waals surface area contributed by atoms with Gasteiger partial charge in [-0.25, -0.2) is 12.8 Å². The van der Waals surface area contributed by atoms with E-state index in [4.69, 9.17) is 0 Å². The SMILES string of the molecule is CC(=O)[C@@H]1CN(S(=O)(=O)c2ccc(C)cc2)C(c2ccc(F)cc2)=C[C@]12C(=O)N(Cc1cc(C)cc(C)c1)c1ccccc12. The van der Waals surface area contributed by atoms with Crippen molar-refractivity contribution in [2.45, 2.75) is 44.6 Å². The molecule has 0 N–H and O–H groups in total. The van der Waals surface area contributed by atoms with E-state index in [0.717, 1.165) is 22.3 Å². The van der Waals surface area contributed by atoms with Crippen LogP contribution in [-0.2, 0) is 31.6 Å². The number of carbonyl (C=O) groups is 2. The second-order valence-corrected chi connectivity index (χ2v) is 13.7. The number of hydrogen-bond donors (Lipinski definition) is 0. The molecule has 2 heterocycles. The maximum atomic E-state index is 14.8. The van der Waals surface area contributed by atoms with Crippen molar-refractivity contribution in [2.24, 2.45) is 5.92 Å². The third-order valence-corrected chi connectivity index (χ3v) is 10.4. The molecule has 0 fully saturated rings. The zero-order chi connectivity index (χ0) is 31.4. The molecule has 2 atom stereocenters. The standard InChI is InChI=1S/C36H33FN2O4S/c1-23-9-15-30(16-10-23)44(42,43)39-22-32(26(4)40)36(20-34(39)28-11-13-29(37)14-12-28)31-7-5-6-8-33(31)38(35(36)41)21-27-18-24(2)17-25(3)19-27/h5-20,32H,21-22H2,1-4H3/t32-,36+/m0/s1. The third kappa shape index (κ3) is 4.83. The monoisotopic (exact) mass is 608 g/mol. The highest BCUT2D eigenvalue weighted by atomic mass is 32.2. The van der Waals surface area contributed by atoms with Crippen LogP contribution in [0.15, 0.2) is 102 Å². The molecule has 6 nitrogen and oxygen atoms in total. The van der Waals surface area contributed by atoms with E-state index in [1.54, 1.807) is 23.1 Å². The molecule has 1 amide bonds. The summed E-state index contributed by atoms with van der Waals surface area (Å²) in [6.45, 7) is 7.31. The number of Topliss-reactive ketones (excluding diaryl/α,β-unsaturated/α-hetero) is 1. The second-order valence-electron chi connectivity index (χ2n) is 11.8. The van der Waals surface area contributed by atoms with E-state index >= 15 is 0 Å². The van der Waals surface area contributed by atoms with E-state index in [9.17, 15) is 22.4 Å². The number of rotatable bonds is 6. The fraction of sp³-hybridized carbons (Fsp3) is 0.222. The fourth-order valence-corrected chi connectivity index (χ4v) is 8.14. The minimum absolute atomic E-state index is 0.0592. The topological polar surface area (TPSA) is 74.8 Å². The summed E-state index contributed by atoms with van der Waals surface area (Å²) in [7, 11) is -4.17. The Morgan fingerprint density at radius 2 is 1.52 bits per heavy atom. The summed E-state index contributed by atoms with van der Waals surface area (Å²) in [6.07, 6.45) is 1.63. The lowest BCUT2D eigenvalue weighted by atomic mass is 9.67. The van der Waals surface area contributed by atoms with Gasteiger partial charge in [0.1, 0.15) is 17.0 Å². The highest BCUT2D eigenvalue weighted by Crippen LogP contribution is 2.53. The smallest absolute Gasteiger partial charge is 0.264 e. The van der Waals surface area contributed by atoms with Crippen LogP contribution in [0.2, 0.25) is 0 Å². The van der Waals surface area contributed by atoms with E-state index < -0.39 is 27.2 Å². The maximum absolute atomic E-state index is 14.8. The number of amides is 1. The van der Waals surface area contributed by atoms with Crippen LogP contribution < -0.4 is 4.90 Å². The van der Waals surface area contributed by atoms with E-state index in [1.807, 2.05) is 57.2 Å². The summed E-state index contributed by atoms with van der Waals surface area (Å²) >= 11 is 0. The highest BCUT2D eigenvalue weighted by Gasteiger charge is 2.59. The van der Waals surface area contributed by atoms with Gasteiger partial charge >= 0.3 is 0 Å². The fourth-order valence-electron chi connectivity index (χ4n) is 6.64. The van der Waals surface area contributed by atoms with Crippen LogP contribution in [0.25, 0.3) is 5.70 Å². The Balaban J connectivity index is 1.59. The Morgan fingerprint density at radius 3 is 2.16 bits per heavy atom. The van der Waals surface area contributed by atoms with Gasteiger partial charge in [0.15, 0.2) is 0 Å². The number of fused-ring (bicyclic) bond motifs is 2. The number of ketones is 1. The molecule has 4 aromatic carbocycles. The van der Waals surface area contributed by atoms with Gasteiger partial charge in [0.05, 0.1) is 23.1 Å². The molecule has 0 saturated carbocycles. The summed E-state index contributed by atoms with van der Waals surface area (Å²) in [5.74, 6) is -2.09. The number of anilines is 1. The predicted molar refractivity (Wildman–Crippen MR) is 169 cm³/mol. The Kier molecular flexibility index (Phi) is 7.28. The Labute approximate surface area is 257 Å². The van der Waals surface area contributed by atoms with Gasteiger partial charge in [0.25, 0.3) is 10.0 Å². The lowest BCUT2D eigenvalue weighted by Crippen LogP contribution is -2.54. The molecular formula is C36H33FN2O4S. The molecule has 44 heavy (non-hydrogen) atoms. The first-order valence-corrected chi connectivity index (χ1v) is 15.9. The van der Waals surface area contributed by atoms with Crippen LogP contribution in [0.1, 0.15) is 40.3 Å². The summed E-state index contributed by atoms with van der Waals surface area (Å²) < 4.78 is 43.7. The molecule has 2 aliphatic heterocycles. The molecule has 0 unspecified atom stereocenters. The van der Waals surface area contributed by atoms with Crippen LogP contribution in [0, 0.1) is 32.5 Å². The number of benzene rings is 4. The number of halogens is 1. The van der Waals surface area contributed by atoms with Crippen molar-refractivity contribution in [2.75, 3.05) is 11.4 Å². The number of carbonyl (C=O) groups excluding carboxylic acids is 2. The molecule has 0 saturated heterocycles. The quantitative estimate of drug-likeness (QED) is 0.251. The van der Waals surface area contributed by atoms with Gasteiger partial charge in [0, 0.05) is 12.2 Å². The predicted octanol–water partition coefficient (Wildman–Crippen LogP) is 6.49. The molecule has 0 bridgehead atoms. The summed E-state index contributed by atoms with van der Waals surface area (Å²) in [5.41, 5.74) is 4.48. The lowest BCUT2D eigenvalue weighted by molar-refractivity contribution is -0.131. The summed E-state index contributed by atoms with van der Waals surface area (Å²) in [6, 6.07) is 25.5. The average molecular weight is 609 g/mol. The van der Waals surface area contributed by atoms with Crippen molar-refractivity contribution >= 4 is 33.1 Å². The van der Waals surface area contributed by atoms with Crippen LogP contribution in [-0.4, -0.2) is 31.0 Å². The molecule has 0 aliphatic carbocycles. The first-order valence-electron chi connectivity index (χ1n) is 14.5. The van der Waals surface area contributed by atoms with Gasteiger partial charge in [-0.3, -0.25) is 13.9 Å². The Morgan fingerprint density at radius 1 is 0.886 bits per heavy atom. The molecule has 4 aromatic rings. The molecule has 2 aliphatic rings. The highest BCUT2D eigenvalue weighted by molar-refractivity contribution is 7.89. The van der Waals surface area contributed by atoms with Crippen molar-refractivity contribution in [1.29, 1.82) is 0 Å². The van der Waals surface area contributed by atoms with Gasteiger partial charge in [0.2, 0.25) is 5.91 Å². The van der Waals surface area contributed by atoms with Crippen molar-refractivity contribution in [3.05, 3.63) is 136 Å². The summed E-state index contributed by atoms with van der Waals surface area (Å²) in [4.78, 5) is 30.1. The second kappa shape index (κ2) is 10.9. The van der Waals surface area contributed by atoms with Crippen molar-refractivity contribution in [3.63, 3.8) is 0 Å². The van der Waals surface area contributed by atoms with Gasteiger partial charge in [-0.2, -0.15) is 0 Å². The van der Waals surface area contributed by atoms with E-state index in [-0.39, 0.29) is 35.4 Å². The number of sulfonamides is 1. The largest absolute Gasteiger partial charge is 0.307 e. The molecule has 224 valence electrons. The first-order chi connectivity index (χ1) is 20.9. The van der Waals surface area contributed by atoms with Crippen LogP contribution in [0.3, 0.4) is 0 Å². The summed E-state index contributed by atoms with van der Waals surface area (Å²) in [5, 5.41) is 0. The molecule has 0 radical (unpaired) electrons. The van der Waals surface area contributed by atoms with Gasteiger partial charge < -0.3 is 4.90 Å². The zero-order valence-electron chi connectivity index (χ0n) is 25.0. The Bertz CT molecular complexity index is 1910. The molecule has 0 aromatic heterocycles. The maximum Gasteiger partial charge on any atom is 0.264 e. The van der Waals surface area contributed by atoms with Crippen molar-refractivity contribution in [1.82, 2.24) is 4.31 Å². The van der Waals surface area contributed by atoms with E-state index in [2.05, 4.69) is 6.07 Å². The number of para-hydroxylation sites is 1. The number of aryl methyl sites for hydroxylation is 3.